The number of hydrogen-bond acceptors (Lipinski definition) is 4. The molecule has 0 aliphatic heterocycles. The molecule has 0 radical (unpaired) electrons. The minimum atomic E-state index is -0.433. The summed E-state index contributed by atoms with van der Waals surface area (Å²) in [6, 6.07) is 19.7. The highest BCUT2D eigenvalue weighted by molar-refractivity contribution is 6.05. The number of para-hydroxylation sites is 1. The topological polar surface area (TPSA) is 80.6 Å². The lowest BCUT2D eigenvalue weighted by Gasteiger charge is -2.17. The predicted molar refractivity (Wildman–Crippen MR) is 115 cm³/mol. The van der Waals surface area contributed by atoms with Gasteiger partial charge in [-0.15, -0.1) is 0 Å². The normalized spacial score (nSPS) is 12.1. The van der Waals surface area contributed by atoms with E-state index in [4.69, 9.17) is 9.15 Å². The smallest absolute Gasteiger partial charge is 0.268 e. The van der Waals surface area contributed by atoms with Crippen molar-refractivity contribution in [2.75, 3.05) is 6.61 Å². The standard InChI is InChI=1S/C24H24N2O4/c1-17-9-6-7-13-21(17)23(27)26-22(15-20-12-8-14-29-20)24(28)25-18(2)16-30-19-10-4-3-5-11-19/h3-15,18H,16H2,1-2H3,(H,25,28)(H,26,27)/b22-15-. The average molecular weight is 404 g/mol. The van der Waals surface area contributed by atoms with Crippen LogP contribution in [0.15, 0.2) is 83.1 Å². The first-order valence-corrected chi connectivity index (χ1v) is 9.64. The summed E-state index contributed by atoms with van der Waals surface area (Å²) < 4.78 is 11.0. The van der Waals surface area contributed by atoms with Crippen molar-refractivity contribution in [2.45, 2.75) is 19.9 Å². The van der Waals surface area contributed by atoms with Gasteiger partial charge in [0.1, 0.15) is 23.8 Å². The molecule has 1 aromatic heterocycles. The van der Waals surface area contributed by atoms with Crippen molar-refractivity contribution in [2.24, 2.45) is 0 Å². The molecule has 3 rings (SSSR count). The van der Waals surface area contributed by atoms with Crippen LogP contribution >= 0.6 is 0 Å². The van der Waals surface area contributed by atoms with E-state index >= 15 is 0 Å². The zero-order valence-electron chi connectivity index (χ0n) is 16.9. The van der Waals surface area contributed by atoms with Crippen molar-refractivity contribution in [1.29, 1.82) is 0 Å². The van der Waals surface area contributed by atoms with E-state index in [9.17, 15) is 9.59 Å². The van der Waals surface area contributed by atoms with Crippen LogP contribution in [0.5, 0.6) is 5.75 Å². The van der Waals surface area contributed by atoms with E-state index in [2.05, 4.69) is 10.6 Å². The van der Waals surface area contributed by atoms with Gasteiger partial charge in [-0.3, -0.25) is 9.59 Å². The molecule has 0 saturated heterocycles. The van der Waals surface area contributed by atoms with Crippen LogP contribution < -0.4 is 15.4 Å². The molecular weight excluding hydrogens is 380 g/mol. The lowest BCUT2D eigenvalue weighted by atomic mass is 10.1. The summed E-state index contributed by atoms with van der Waals surface area (Å²) in [4.78, 5) is 25.6. The number of amides is 2. The zero-order chi connectivity index (χ0) is 21.3. The lowest BCUT2D eigenvalue weighted by Crippen LogP contribution is -2.41. The number of benzene rings is 2. The maximum absolute atomic E-state index is 12.9. The van der Waals surface area contributed by atoms with E-state index in [1.54, 1.807) is 24.3 Å². The van der Waals surface area contributed by atoms with Crippen LogP contribution in [0.25, 0.3) is 6.08 Å². The van der Waals surface area contributed by atoms with Crippen molar-refractivity contribution in [3.8, 4) is 5.75 Å². The van der Waals surface area contributed by atoms with Gasteiger partial charge in [0.2, 0.25) is 0 Å². The Morgan fingerprint density at radius 3 is 2.47 bits per heavy atom. The Balaban J connectivity index is 1.69. The van der Waals surface area contributed by atoms with Crippen molar-refractivity contribution in [3.05, 3.63) is 95.6 Å². The summed E-state index contributed by atoms with van der Waals surface area (Å²) in [7, 11) is 0. The van der Waals surface area contributed by atoms with Gasteiger partial charge in [-0.1, -0.05) is 36.4 Å². The van der Waals surface area contributed by atoms with Crippen LogP contribution in [-0.4, -0.2) is 24.5 Å². The van der Waals surface area contributed by atoms with Gasteiger partial charge in [0.05, 0.1) is 12.3 Å². The number of rotatable bonds is 8. The first kappa shape index (κ1) is 20.9. The fourth-order valence-corrected chi connectivity index (χ4v) is 2.77. The van der Waals surface area contributed by atoms with Gasteiger partial charge in [-0.05, 0) is 49.7 Å². The molecule has 1 heterocycles. The number of furan rings is 1. The highest BCUT2D eigenvalue weighted by Gasteiger charge is 2.18. The van der Waals surface area contributed by atoms with E-state index in [0.717, 1.165) is 11.3 Å². The van der Waals surface area contributed by atoms with Gasteiger partial charge in [-0.2, -0.15) is 0 Å². The largest absolute Gasteiger partial charge is 0.491 e. The van der Waals surface area contributed by atoms with Crippen LogP contribution in [0.2, 0.25) is 0 Å². The Hall–Kier alpha value is -3.80. The third kappa shape index (κ3) is 5.85. The quantitative estimate of drug-likeness (QED) is 0.557. The van der Waals surface area contributed by atoms with Crippen molar-refractivity contribution >= 4 is 17.9 Å². The molecule has 3 aromatic rings. The molecule has 6 nitrogen and oxygen atoms in total. The van der Waals surface area contributed by atoms with Crippen LogP contribution in [-0.2, 0) is 4.79 Å². The van der Waals surface area contributed by atoms with E-state index < -0.39 is 5.91 Å². The van der Waals surface area contributed by atoms with Crippen LogP contribution in [0.1, 0.15) is 28.6 Å². The van der Waals surface area contributed by atoms with E-state index in [-0.39, 0.29) is 24.3 Å². The number of ether oxygens (including phenoxy) is 1. The number of carbonyl (C=O) groups is 2. The van der Waals surface area contributed by atoms with Crippen LogP contribution in [0.3, 0.4) is 0 Å². The van der Waals surface area contributed by atoms with Crippen molar-refractivity contribution < 1.29 is 18.7 Å². The van der Waals surface area contributed by atoms with Crippen LogP contribution in [0.4, 0.5) is 0 Å². The molecule has 2 N–H and O–H groups in total. The van der Waals surface area contributed by atoms with Crippen LogP contribution in [0, 0.1) is 6.92 Å². The van der Waals surface area contributed by atoms with Gasteiger partial charge in [0, 0.05) is 11.6 Å². The highest BCUT2D eigenvalue weighted by Crippen LogP contribution is 2.11. The Bertz CT molecular complexity index is 1010. The lowest BCUT2D eigenvalue weighted by molar-refractivity contribution is -0.118. The third-order valence-electron chi connectivity index (χ3n) is 4.33. The molecule has 0 aliphatic rings. The molecule has 1 unspecified atom stereocenters. The second kappa shape index (κ2) is 10.1. The summed E-state index contributed by atoms with van der Waals surface area (Å²) in [6.07, 6.45) is 3.00. The molecule has 0 bridgehead atoms. The van der Waals surface area contributed by atoms with Gasteiger partial charge >= 0.3 is 0 Å². The maximum Gasteiger partial charge on any atom is 0.268 e. The molecule has 30 heavy (non-hydrogen) atoms. The Labute approximate surface area is 175 Å². The maximum atomic E-state index is 12.9. The minimum absolute atomic E-state index is 0.0877. The Kier molecular flexibility index (Phi) is 7.05. The molecule has 2 aromatic carbocycles. The summed E-state index contributed by atoms with van der Waals surface area (Å²) in [5, 5.41) is 5.55. The molecule has 0 spiro atoms. The van der Waals surface area contributed by atoms with E-state index in [1.807, 2.05) is 56.3 Å². The molecule has 1 atom stereocenters. The monoisotopic (exact) mass is 404 g/mol. The minimum Gasteiger partial charge on any atom is -0.491 e. The molecular formula is C24H24N2O4. The summed E-state index contributed by atoms with van der Waals surface area (Å²) in [5.74, 6) is 0.378. The van der Waals surface area contributed by atoms with E-state index in [0.29, 0.717) is 11.3 Å². The highest BCUT2D eigenvalue weighted by atomic mass is 16.5. The molecule has 6 heteroatoms. The Morgan fingerprint density at radius 1 is 1.03 bits per heavy atom. The van der Waals surface area contributed by atoms with Gasteiger partial charge in [0.25, 0.3) is 11.8 Å². The molecule has 0 saturated carbocycles. The van der Waals surface area contributed by atoms with E-state index in [1.165, 1.54) is 12.3 Å². The number of carbonyl (C=O) groups excluding carboxylic acids is 2. The average Bonchev–Trinajstić information content (AvgIpc) is 3.26. The number of hydrogen-bond donors (Lipinski definition) is 2. The fourth-order valence-electron chi connectivity index (χ4n) is 2.77. The second-order valence-corrected chi connectivity index (χ2v) is 6.84. The molecule has 154 valence electrons. The van der Waals surface area contributed by atoms with Gasteiger partial charge in [-0.25, -0.2) is 0 Å². The SMILES string of the molecule is Cc1ccccc1C(=O)N/C(=C\c1ccco1)C(=O)NC(C)COc1ccccc1. The summed E-state index contributed by atoms with van der Waals surface area (Å²) in [5.41, 5.74) is 1.40. The first-order valence-electron chi connectivity index (χ1n) is 9.64. The molecule has 2 amide bonds. The van der Waals surface area contributed by atoms with Gasteiger partial charge < -0.3 is 19.8 Å². The van der Waals surface area contributed by atoms with Crippen molar-refractivity contribution in [3.63, 3.8) is 0 Å². The Morgan fingerprint density at radius 2 is 1.77 bits per heavy atom. The third-order valence-corrected chi connectivity index (χ3v) is 4.33. The molecule has 0 fully saturated rings. The summed E-state index contributed by atoms with van der Waals surface area (Å²) in [6.45, 7) is 3.96. The zero-order valence-corrected chi connectivity index (χ0v) is 16.9. The predicted octanol–water partition coefficient (Wildman–Crippen LogP) is 3.94. The molecule has 0 aliphatic carbocycles. The number of nitrogens with one attached hydrogen (secondary N) is 2. The fraction of sp³-hybridized carbons (Fsp3) is 0.167. The second-order valence-electron chi connectivity index (χ2n) is 6.84. The van der Waals surface area contributed by atoms with Gasteiger partial charge in [0.15, 0.2) is 0 Å². The van der Waals surface area contributed by atoms with Crippen molar-refractivity contribution in [1.82, 2.24) is 10.6 Å². The first-order chi connectivity index (χ1) is 14.5. The summed E-state index contributed by atoms with van der Waals surface area (Å²) >= 11 is 0. The number of aryl methyl sites for hydroxylation is 1.